The Bertz CT molecular complexity index is 1030. The van der Waals surface area contributed by atoms with Crippen molar-refractivity contribution in [3.05, 3.63) is 33.3 Å². The Labute approximate surface area is 181 Å². The number of aryl methyl sites for hydroxylation is 1. The van der Waals surface area contributed by atoms with E-state index < -0.39 is 46.9 Å². The van der Waals surface area contributed by atoms with Gasteiger partial charge in [-0.1, -0.05) is 5.21 Å². The fourth-order valence-electron chi connectivity index (χ4n) is 4.51. The van der Waals surface area contributed by atoms with Gasteiger partial charge in [0.2, 0.25) is 0 Å². The molecule has 0 aromatic carbocycles. The van der Waals surface area contributed by atoms with Gasteiger partial charge in [-0.05, 0) is 13.0 Å². The molecule has 0 aliphatic carbocycles. The molecule has 7 nitrogen and oxygen atoms in total. The van der Waals surface area contributed by atoms with E-state index in [-0.39, 0.29) is 35.6 Å². The zero-order valence-corrected chi connectivity index (χ0v) is 17.6. The standard InChI is InChI=1S/C18H18F6N4O3S/c1-8-4-16(9-3-13(17(19,20)21)32-14(9)12(29)7-31-16)5-11(10-6-27(2)26-25-10)28(8)15(30)18(22,23)24/h3,6,8,11-12,29H,4-5,7H2,1-2H3/t8-,11-,12+,16?/m0/s1. The quantitative estimate of drug-likeness (QED) is 0.628. The Morgan fingerprint density at radius 3 is 2.53 bits per heavy atom. The maximum atomic E-state index is 13.4. The van der Waals surface area contributed by atoms with Crippen molar-refractivity contribution < 1.29 is 41.0 Å². The molecule has 4 heterocycles. The minimum atomic E-state index is -5.15. The summed E-state index contributed by atoms with van der Waals surface area (Å²) in [5, 5.41) is 17.8. The van der Waals surface area contributed by atoms with E-state index in [2.05, 4.69) is 10.3 Å². The van der Waals surface area contributed by atoms with E-state index in [4.69, 9.17) is 4.74 Å². The monoisotopic (exact) mass is 484 g/mol. The molecule has 2 aliphatic rings. The molecule has 1 spiro atoms. The molecule has 0 radical (unpaired) electrons. The summed E-state index contributed by atoms with van der Waals surface area (Å²) in [6.07, 6.45) is -10.2. The Morgan fingerprint density at radius 1 is 1.28 bits per heavy atom. The molecule has 4 rings (SSSR count). The summed E-state index contributed by atoms with van der Waals surface area (Å²) in [5.74, 6) is -2.08. The lowest BCUT2D eigenvalue weighted by Gasteiger charge is -2.51. The molecule has 2 aliphatic heterocycles. The van der Waals surface area contributed by atoms with Crippen LogP contribution in [0.3, 0.4) is 0 Å². The number of halogens is 6. The molecule has 4 atom stereocenters. The van der Waals surface area contributed by atoms with Crippen LogP contribution in [-0.4, -0.2) is 49.7 Å². The smallest absolute Gasteiger partial charge is 0.385 e. The number of alkyl halides is 6. The topological polar surface area (TPSA) is 80.5 Å². The van der Waals surface area contributed by atoms with E-state index in [0.717, 1.165) is 6.07 Å². The lowest BCUT2D eigenvalue weighted by molar-refractivity contribution is -0.204. The first kappa shape index (κ1) is 23.0. The van der Waals surface area contributed by atoms with Gasteiger partial charge in [-0.15, -0.1) is 16.4 Å². The summed E-state index contributed by atoms with van der Waals surface area (Å²) in [4.78, 5) is 12.0. The van der Waals surface area contributed by atoms with Crippen molar-refractivity contribution in [2.24, 2.45) is 7.05 Å². The molecule has 0 saturated carbocycles. The number of hydrogen-bond acceptors (Lipinski definition) is 6. The van der Waals surface area contributed by atoms with E-state index in [1.165, 1.54) is 24.9 Å². The number of hydrogen-bond donors (Lipinski definition) is 1. The Kier molecular flexibility index (Phi) is 5.33. The average Bonchev–Trinajstić information content (AvgIpc) is 3.31. The fraction of sp³-hybridized carbons (Fsp3) is 0.611. The molecule has 2 aromatic rings. The minimum absolute atomic E-state index is 0.0542. The molecule has 1 unspecified atom stereocenters. The van der Waals surface area contributed by atoms with Crippen molar-refractivity contribution in [1.82, 2.24) is 19.9 Å². The summed E-state index contributed by atoms with van der Waals surface area (Å²) in [6, 6.07) is -1.43. The first-order chi connectivity index (χ1) is 14.7. The van der Waals surface area contributed by atoms with Gasteiger partial charge in [0.25, 0.3) is 0 Å². The summed E-state index contributed by atoms with van der Waals surface area (Å²) in [7, 11) is 1.49. The number of aliphatic hydroxyl groups excluding tert-OH is 1. The first-order valence-electron chi connectivity index (χ1n) is 9.52. The number of amides is 1. The van der Waals surface area contributed by atoms with Crippen LogP contribution in [0.4, 0.5) is 26.3 Å². The summed E-state index contributed by atoms with van der Waals surface area (Å²) >= 11 is 0.384. The molecule has 176 valence electrons. The van der Waals surface area contributed by atoms with Crippen LogP contribution >= 0.6 is 11.3 Å². The maximum absolute atomic E-state index is 13.4. The fourth-order valence-corrected chi connectivity index (χ4v) is 5.60. The second-order valence-electron chi connectivity index (χ2n) is 8.01. The van der Waals surface area contributed by atoms with Crippen molar-refractivity contribution in [3.63, 3.8) is 0 Å². The van der Waals surface area contributed by atoms with Crippen molar-refractivity contribution >= 4 is 17.2 Å². The Balaban J connectivity index is 1.82. The number of fused-ring (bicyclic) bond motifs is 2. The normalized spacial score (nSPS) is 28.8. The number of aliphatic hydroxyl groups is 1. The molecular weight excluding hydrogens is 466 g/mol. The number of thiophene rings is 1. The van der Waals surface area contributed by atoms with Gasteiger partial charge in [-0.3, -0.25) is 9.48 Å². The van der Waals surface area contributed by atoms with Crippen LogP contribution in [0.2, 0.25) is 0 Å². The van der Waals surface area contributed by atoms with Crippen molar-refractivity contribution in [1.29, 1.82) is 0 Å². The molecule has 0 bridgehead atoms. The highest BCUT2D eigenvalue weighted by Crippen LogP contribution is 2.54. The molecular formula is C18H18F6N4O3S. The van der Waals surface area contributed by atoms with Gasteiger partial charge >= 0.3 is 18.3 Å². The number of nitrogens with zero attached hydrogens (tertiary/aromatic N) is 4. The van der Waals surface area contributed by atoms with E-state index in [1.54, 1.807) is 0 Å². The summed E-state index contributed by atoms with van der Waals surface area (Å²) in [6.45, 7) is 1.05. The van der Waals surface area contributed by atoms with Gasteiger partial charge in [0.05, 0.1) is 24.4 Å². The number of piperidine rings is 1. The van der Waals surface area contributed by atoms with Crippen LogP contribution in [0.1, 0.15) is 52.9 Å². The van der Waals surface area contributed by atoms with Gasteiger partial charge in [-0.25, -0.2) is 0 Å². The number of likely N-dealkylation sites (tertiary alicyclic amines) is 1. The van der Waals surface area contributed by atoms with E-state index in [9.17, 15) is 36.2 Å². The minimum Gasteiger partial charge on any atom is -0.385 e. The number of carbonyl (C=O) groups is 1. The molecule has 1 fully saturated rings. The van der Waals surface area contributed by atoms with Crippen molar-refractivity contribution in [2.45, 2.75) is 55.9 Å². The number of carbonyl (C=O) groups excluding carboxylic acids is 1. The summed E-state index contributed by atoms with van der Waals surface area (Å²) in [5.41, 5.74) is -1.30. The van der Waals surface area contributed by atoms with E-state index in [0.29, 0.717) is 16.2 Å². The predicted octanol–water partition coefficient (Wildman–Crippen LogP) is 3.47. The zero-order chi connectivity index (χ0) is 23.6. The Morgan fingerprint density at radius 2 is 1.97 bits per heavy atom. The van der Waals surface area contributed by atoms with Crippen molar-refractivity contribution in [2.75, 3.05) is 6.61 Å². The van der Waals surface area contributed by atoms with Crippen LogP contribution in [-0.2, 0) is 28.4 Å². The lowest BCUT2D eigenvalue weighted by atomic mass is 9.75. The third-order valence-electron chi connectivity index (χ3n) is 5.75. The van der Waals surface area contributed by atoms with Gasteiger partial charge in [-0.2, -0.15) is 26.3 Å². The highest BCUT2D eigenvalue weighted by atomic mass is 32.1. The second-order valence-corrected chi connectivity index (χ2v) is 9.09. The van der Waals surface area contributed by atoms with Crippen LogP contribution < -0.4 is 0 Å². The average molecular weight is 484 g/mol. The number of aromatic nitrogens is 3. The van der Waals surface area contributed by atoms with Crippen LogP contribution in [0.15, 0.2) is 12.3 Å². The first-order valence-corrected chi connectivity index (χ1v) is 10.3. The van der Waals surface area contributed by atoms with Crippen LogP contribution in [0.5, 0.6) is 0 Å². The SMILES string of the molecule is C[C@H]1CC2(C[C@@H](c3cn(C)nn3)N1C(=O)C(F)(F)F)OC[C@@H](O)c1sc(C(F)(F)F)cc12. The highest BCUT2D eigenvalue weighted by Gasteiger charge is 2.56. The van der Waals surface area contributed by atoms with E-state index in [1.807, 2.05) is 0 Å². The van der Waals surface area contributed by atoms with Gasteiger partial charge < -0.3 is 14.7 Å². The third-order valence-corrected chi connectivity index (χ3v) is 7.03. The Hall–Kier alpha value is -2.19. The number of rotatable bonds is 1. The van der Waals surface area contributed by atoms with Crippen molar-refractivity contribution in [3.8, 4) is 0 Å². The van der Waals surface area contributed by atoms with Crippen LogP contribution in [0, 0.1) is 0 Å². The third kappa shape index (κ3) is 3.77. The highest BCUT2D eigenvalue weighted by molar-refractivity contribution is 7.12. The maximum Gasteiger partial charge on any atom is 0.471 e. The molecule has 1 N–H and O–H groups in total. The number of ether oxygens (including phenoxy) is 1. The zero-order valence-electron chi connectivity index (χ0n) is 16.7. The summed E-state index contributed by atoms with van der Waals surface area (Å²) < 4.78 is 87.2. The lowest BCUT2D eigenvalue weighted by Crippen LogP contribution is -2.56. The largest absolute Gasteiger partial charge is 0.471 e. The van der Waals surface area contributed by atoms with Gasteiger partial charge in [0.15, 0.2) is 0 Å². The molecule has 14 heteroatoms. The molecule has 1 saturated heterocycles. The van der Waals surface area contributed by atoms with Gasteiger partial charge in [0, 0.05) is 36.4 Å². The molecule has 32 heavy (non-hydrogen) atoms. The van der Waals surface area contributed by atoms with Gasteiger partial charge in [0.1, 0.15) is 16.7 Å². The second kappa shape index (κ2) is 7.42. The molecule has 2 aromatic heterocycles. The van der Waals surface area contributed by atoms with Crippen LogP contribution in [0.25, 0.3) is 0 Å². The predicted molar refractivity (Wildman–Crippen MR) is 97.3 cm³/mol. The van der Waals surface area contributed by atoms with E-state index >= 15 is 0 Å². The molecule has 1 amide bonds.